The van der Waals surface area contributed by atoms with E-state index in [4.69, 9.17) is 9.72 Å². The number of Topliss-reactive ketones (excluding diaryl/α,β-unsaturated/α-hetero) is 1. The van der Waals surface area contributed by atoms with Gasteiger partial charge in [-0.1, -0.05) is 38.1 Å². The largest absolute Gasteiger partial charge is 0.494 e. The van der Waals surface area contributed by atoms with Gasteiger partial charge in [-0.2, -0.15) is 0 Å². The van der Waals surface area contributed by atoms with Crippen LogP contribution in [0.2, 0.25) is 0 Å². The zero-order chi connectivity index (χ0) is 24.1. The van der Waals surface area contributed by atoms with E-state index in [1.54, 1.807) is 12.1 Å². The fourth-order valence-electron chi connectivity index (χ4n) is 4.55. The van der Waals surface area contributed by atoms with Crippen LogP contribution in [-0.4, -0.2) is 47.0 Å². The smallest absolute Gasteiger partial charge is 0.165 e. The summed E-state index contributed by atoms with van der Waals surface area (Å²) in [4.78, 5) is 20.0. The highest BCUT2D eigenvalue weighted by Crippen LogP contribution is 2.29. The highest BCUT2D eigenvalue weighted by molar-refractivity contribution is 5.79. The summed E-state index contributed by atoms with van der Waals surface area (Å²) in [5, 5.41) is 0. The number of benzene rings is 2. The van der Waals surface area contributed by atoms with Gasteiger partial charge in [-0.05, 0) is 62.0 Å². The third-order valence-electron chi connectivity index (χ3n) is 6.33. The number of ketones is 1. The van der Waals surface area contributed by atoms with Crippen molar-refractivity contribution >= 4 is 5.78 Å². The Morgan fingerprint density at radius 2 is 1.79 bits per heavy atom. The number of carbonyl (C=O) groups excluding carboxylic acids is 1. The number of ether oxygens (including phenoxy) is 1. The predicted molar refractivity (Wildman–Crippen MR) is 133 cm³/mol. The SMILES string of the molecule is COc1cc(-c2nc(-c3ccc(CCN4CCCC4)cc3)cn2CC(=O)CC(C)C)ccc1F. The van der Waals surface area contributed by atoms with Crippen molar-refractivity contribution in [2.75, 3.05) is 26.7 Å². The standard InChI is InChI=1S/C28H34FN3O2/c1-20(2)16-24(33)18-32-19-26(30-28(32)23-10-11-25(29)27(17-23)34-3)22-8-6-21(7-9-22)12-15-31-13-4-5-14-31/h6-11,17,19-20H,4-5,12-16,18H2,1-3H3. The molecule has 3 aromatic rings. The second-order valence-corrected chi connectivity index (χ2v) is 9.56. The van der Waals surface area contributed by atoms with Crippen LogP contribution in [-0.2, 0) is 17.8 Å². The number of hydrogen-bond donors (Lipinski definition) is 0. The Bertz CT molecular complexity index is 1120. The first kappa shape index (κ1) is 24.1. The Kier molecular flexibility index (Phi) is 7.78. The van der Waals surface area contributed by atoms with Crippen molar-refractivity contribution in [2.24, 2.45) is 5.92 Å². The molecule has 1 fully saturated rings. The number of rotatable bonds is 10. The molecule has 0 N–H and O–H groups in total. The highest BCUT2D eigenvalue weighted by Gasteiger charge is 2.17. The van der Waals surface area contributed by atoms with Crippen LogP contribution in [0, 0.1) is 11.7 Å². The number of hydrogen-bond acceptors (Lipinski definition) is 4. The van der Waals surface area contributed by atoms with Gasteiger partial charge in [0.25, 0.3) is 0 Å². The second kappa shape index (κ2) is 11.0. The molecule has 0 aliphatic carbocycles. The molecule has 1 aliphatic heterocycles. The van der Waals surface area contributed by atoms with E-state index >= 15 is 0 Å². The van der Waals surface area contributed by atoms with Gasteiger partial charge < -0.3 is 14.2 Å². The summed E-state index contributed by atoms with van der Waals surface area (Å²) in [6.45, 7) is 7.82. The summed E-state index contributed by atoms with van der Waals surface area (Å²) in [7, 11) is 1.44. The maximum atomic E-state index is 14.0. The van der Waals surface area contributed by atoms with E-state index in [0.717, 1.165) is 24.2 Å². The quantitative estimate of drug-likeness (QED) is 0.392. The molecule has 0 bridgehead atoms. The summed E-state index contributed by atoms with van der Waals surface area (Å²) in [5.41, 5.74) is 3.81. The van der Waals surface area contributed by atoms with E-state index in [-0.39, 0.29) is 24.0 Å². The van der Waals surface area contributed by atoms with Crippen LogP contribution < -0.4 is 4.74 Å². The van der Waals surface area contributed by atoms with Crippen molar-refractivity contribution in [2.45, 2.75) is 46.1 Å². The maximum Gasteiger partial charge on any atom is 0.165 e. The average Bonchev–Trinajstić information content (AvgIpc) is 3.48. The van der Waals surface area contributed by atoms with Gasteiger partial charge in [0, 0.05) is 30.3 Å². The lowest BCUT2D eigenvalue weighted by molar-refractivity contribution is -0.120. The molecule has 0 spiro atoms. The highest BCUT2D eigenvalue weighted by atomic mass is 19.1. The van der Waals surface area contributed by atoms with Crippen LogP contribution in [0.4, 0.5) is 4.39 Å². The van der Waals surface area contributed by atoms with Gasteiger partial charge in [0.05, 0.1) is 19.3 Å². The zero-order valence-electron chi connectivity index (χ0n) is 20.4. The number of carbonyl (C=O) groups is 1. The summed E-state index contributed by atoms with van der Waals surface area (Å²) < 4.78 is 21.0. The molecule has 2 aromatic carbocycles. The molecule has 1 aromatic heterocycles. The maximum absolute atomic E-state index is 14.0. The van der Waals surface area contributed by atoms with Crippen molar-refractivity contribution in [3.8, 4) is 28.4 Å². The average molecular weight is 464 g/mol. The lowest BCUT2D eigenvalue weighted by Gasteiger charge is -2.14. The third kappa shape index (κ3) is 5.92. The van der Waals surface area contributed by atoms with Crippen LogP contribution >= 0.6 is 0 Å². The normalized spacial score (nSPS) is 14.1. The molecule has 0 amide bonds. The fraction of sp³-hybridized carbons (Fsp3) is 0.429. The summed E-state index contributed by atoms with van der Waals surface area (Å²) in [6.07, 6.45) is 6.08. The first-order valence-corrected chi connectivity index (χ1v) is 12.2. The van der Waals surface area contributed by atoms with Gasteiger partial charge >= 0.3 is 0 Å². The number of nitrogens with zero attached hydrogens (tertiary/aromatic N) is 3. The number of halogens is 1. The molecular weight excluding hydrogens is 429 g/mol. The molecule has 0 radical (unpaired) electrons. The van der Waals surface area contributed by atoms with Crippen LogP contribution in [0.5, 0.6) is 5.75 Å². The van der Waals surface area contributed by atoms with E-state index in [2.05, 4.69) is 29.2 Å². The molecule has 0 unspecified atom stereocenters. The van der Waals surface area contributed by atoms with Crippen molar-refractivity contribution in [1.82, 2.24) is 14.5 Å². The van der Waals surface area contributed by atoms with Gasteiger partial charge in [-0.15, -0.1) is 0 Å². The minimum atomic E-state index is -0.426. The topological polar surface area (TPSA) is 47.4 Å². The summed E-state index contributed by atoms with van der Waals surface area (Å²) in [5.74, 6) is 0.794. The Hall–Kier alpha value is -2.99. The van der Waals surface area contributed by atoms with Gasteiger partial charge in [0.15, 0.2) is 17.3 Å². The molecule has 1 aliphatic rings. The Morgan fingerprint density at radius 1 is 1.09 bits per heavy atom. The van der Waals surface area contributed by atoms with Gasteiger partial charge in [-0.25, -0.2) is 9.37 Å². The molecule has 34 heavy (non-hydrogen) atoms. The molecule has 0 saturated carbocycles. The van der Waals surface area contributed by atoms with Crippen LogP contribution in [0.1, 0.15) is 38.7 Å². The second-order valence-electron chi connectivity index (χ2n) is 9.56. The predicted octanol–water partition coefficient (Wildman–Crippen LogP) is 5.62. The molecule has 1 saturated heterocycles. The van der Waals surface area contributed by atoms with E-state index < -0.39 is 5.82 Å². The monoisotopic (exact) mass is 463 g/mol. The summed E-state index contributed by atoms with van der Waals surface area (Å²) in [6, 6.07) is 13.2. The van der Waals surface area contributed by atoms with Gasteiger partial charge in [-0.3, -0.25) is 4.79 Å². The van der Waals surface area contributed by atoms with Crippen LogP contribution in [0.3, 0.4) is 0 Å². The minimum Gasteiger partial charge on any atom is -0.494 e. The first-order valence-electron chi connectivity index (χ1n) is 12.2. The minimum absolute atomic E-state index is 0.145. The summed E-state index contributed by atoms with van der Waals surface area (Å²) >= 11 is 0. The van der Waals surface area contributed by atoms with Gasteiger partial charge in [0.2, 0.25) is 0 Å². The lowest BCUT2D eigenvalue weighted by Crippen LogP contribution is -2.21. The molecule has 5 nitrogen and oxygen atoms in total. The van der Waals surface area contributed by atoms with E-state index in [0.29, 0.717) is 17.8 Å². The lowest BCUT2D eigenvalue weighted by atomic mass is 10.1. The van der Waals surface area contributed by atoms with E-state index in [1.807, 2.05) is 24.6 Å². The van der Waals surface area contributed by atoms with Crippen LogP contribution in [0.25, 0.3) is 22.6 Å². The Labute approximate surface area is 201 Å². The molecule has 180 valence electrons. The molecule has 4 rings (SSSR count). The van der Waals surface area contributed by atoms with Crippen LogP contribution in [0.15, 0.2) is 48.7 Å². The van der Waals surface area contributed by atoms with Crippen molar-refractivity contribution < 1.29 is 13.9 Å². The van der Waals surface area contributed by atoms with Crippen molar-refractivity contribution in [3.05, 3.63) is 60.0 Å². The van der Waals surface area contributed by atoms with E-state index in [1.165, 1.54) is 44.7 Å². The number of aromatic nitrogens is 2. The molecule has 0 atom stereocenters. The Balaban J connectivity index is 1.59. The molecular formula is C28H34FN3O2. The zero-order valence-corrected chi connectivity index (χ0v) is 20.4. The number of likely N-dealkylation sites (tertiary alicyclic amines) is 1. The van der Waals surface area contributed by atoms with E-state index in [9.17, 15) is 9.18 Å². The van der Waals surface area contributed by atoms with Crippen molar-refractivity contribution in [1.29, 1.82) is 0 Å². The third-order valence-corrected chi connectivity index (χ3v) is 6.33. The number of methoxy groups -OCH3 is 1. The van der Waals surface area contributed by atoms with Crippen molar-refractivity contribution in [3.63, 3.8) is 0 Å². The molecule has 2 heterocycles. The first-order chi connectivity index (χ1) is 16.4. The fourth-order valence-corrected chi connectivity index (χ4v) is 4.55. The van der Waals surface area contributed by atoms with Gasteiger partial charge in [0.1, 0.15) is 5.82 Å². The molecule has 6 heteroatoms. The number of imidazole rings is 1. The Morgan fingerprint density at radius 3 is 2.47 bits per heavy atom.